The Kier molecular flexibility index (Phi) is 6.39. The molecule has 0 fully saturated rings. The van der Waals surface area contributed by atoms with Crippen LogP contribution in [0, 0.1) is 0 Å². The number of hydrogen-bond acceptors (Lipinski definition) is 4. The standard InChI is InChI=1S/C24H25NO4/c1-25(22(17-11-7-5-8-12-17)18-13-9-6-10-14-18)24(26)19-15-20(27-2)23(29-4)21(16-19)28-3/h5-16,22H,1-4H3. The van der Waals surface area contributed by atoms with Crippen LogP contribution in [-0.4, -0.2) is 39.2 Å². The van der Waals surface area contributed by atoms with Gasteiger partial charge in [-0.1, -0.05) is 60.7 Å². The first-order valence-electron chi connectivity index (χ1n) is 9.27. The predicted molar refractivity (Wildman–Crippen MR) is 113 cm³/mol. The van der Waals surface area contributed by atoms with Gasteiger partial charge in [-0.05, 0) is 23.3 Å². The summed E-state index contributed by atoms with van der Waals surface area (Å²) in [4.78, 5) is 15.2. The molecule has 0 aromatic heterocycles. The fourth-order valence-electron chi connectivity index (χ4n) is 3.44. The van der Waals surface area contributed by atoms with Gasteiger partial charge in [-0.25, -0.2) is 0 Å². The van der Waals surface area contributed by atoms with E-state index in [0.29, 0.717) is 22.8 Å². The van der Waals surface area contributed by atoms with Gasteiger partial charge < -0.3 is 19.1 Å². The summed E-state index contributed by atoms with van der Waals surface area (Å²) >= 11 is 0. The number of hydrogen-bond donors (Lipinski definition) is 0. The van der Waals surface area contributed by atoms with Crippen molar-refractivity contribution in [3.8, 4) is 17.2 Å². The van der Waals surface area contributed by atoms with Gasteiger partial charge in [0.25, 0.3) is 5.91 Å². The van der Waals surface area contributed by atoms with Gasteiger partial charge in [0.05, 0.1) is 27.4 Å². The maximum absolute atomic E-state index is 13.4. The third-order valence-corrected chi connectivity index (χ3v) is 4.85. The van der Waals surface area contributed by atoms with E-state index in [1.54, 1.807) is 24.1 Å². The van der Waals surface area contributed by atoms with Crippen LogP contribution in [0.5, 0.6) is 17.2 Å². The van der Waals surface area contributed by atoms with Crippen molar-refractivity contribution in [1.29, 1.82) is 0 Å². The van der Waals surface area contributed by atoms with Crippen molar-refractivity contribution < 1.29 is 19.0 Å². The molecular weight excluding hydrogens is 366 g/mol. The number of methoxy groups -OCH3 is 3. The minimum Gasteiger partial charge on any atom is -0.493 e. The molecule has 0 aliphatic rings. The molecule has 3 aromatic rings. The van der Waals surface area contributed by atoms with Crippen LogP contribution in [0.4, 0.5) is 0 Å². The molecule has 3 rings (SSSR count). The van der Waals surface area contributed by atoms with Crippen LogP contribution in [0.25, 0.3) is 0 Å². The topological polar surface area (TPSA) is 48.0 Å². The Bertz CT molecular complexity index is 893. The Morgan fingerprint density at radius 2 is 1.21 bits per heavy atom. The number of rotatable bonds is 7. The Morgan fingerprint density at radius 1 is 0.759 bits per heavy atom. The number of ether oxygens (including phenoxy) is 3. The van der Waals surface area contributed by atoms with Crippen molar-refractivity contribution in [3.63, 3.8) is 0 Å². The molecule has 5 nitrogen and oxygen atoms in total. The highest BCUT2D eigenvalue weighted by Crippen LogP contribution is 2.39. The van der Waals surface area contributed by atoms with Crippen LogP contribution < -0.4 is 14.2 Å². The van der Waals surface area contributed by atoms with Gasteiger partial charge in [0.2, 0.25) is 5.75 Å². The third-order valence-electron chi connectivity index (χ3n) is 4.85. The number of benzene rings is 3. The lowest BCUT2D eigenvalue weighted by Gasteiger charge is -2.29. The lowest BCUT2D eigenvalue weighted by Crippen LogP contribution is -2.32. The molecule has 5 heteroatoms. The summed E-state index contributed by atoms with van der Waals surface area (Å²) in [6.07, 6.45) is 0. The Hall–Kier alpha value is -3.47. The minimum absolute atomic E-state index is 0.151. The zero-order valence-electron chi connectivity index (χ0n) is 17.1. The van der Waals surface area contributed by atoms with Crippen LogP contribution in [0.15, 0.2) is 72.8 Å². The zero-order chi connectivity index (χ0) is 20.8. The second-order valence-corrected chi connectivity index (χ2v) is 6.55. The molecule has 0 heterocycles. The lowest BCUT2D eigenvalue weighted by molar-refractivity contribution is 0.0754. The fraction of sp³-hybridized carbons (Fsp3) is 0.208. The molecule has 0 N–H and O–H groups in total. The summed E-state index contributed by atoms with van der Waals surface area (Å²) in [6, 6.07) is 23.0. The van der Waals surface area contributed by atoms with E-state index in [4.69, 9.17) is 14.2 Å². The first-order valence-corrected chi connectivity index (χ1v) is 9.27. The van der Waals surface area contributed by atoms with Crippen LogP contribution >= 0.6 is 0 Å². The van der Waals surface area contributed by atoms with E-state index >= 15 is 0 Å². The fourth-order valence-corrected chi connectivity index (χ4v) is 3.44. The van der Waals surface area contributed by atoms with Crippen molar-refractivity contribution >= 4 is 5.91 Å². The predicted octanol–water partition coefficient (Wildman–Crippen LogP) is 4.57. The molecule has 1 amide bonds. The molecule has 0 saturated carbocycles. The monoisotopic (exact) mass is 391 g/mol. The SMILES string of the molecule is COc1cc(C(=O)N(C)C(c2ccccc2)c2ccccc2)cc(OC)c1OC. The number of carbonyl (C=O) groups is 1. The van der Waals surface area contributed by atoms with Gasteiger partial charge >= 0.3 is 0 Å². The van der Waals surface area contributed by atoms with Crippen LogP contribution in [0.2, 0.25) is 0 Å². The average molecular weight is 391 g/mol. The Morgan fingerprint density at radius 3 is 1.59 bits per heavy atom. The van der Waals surface area contributed by atoms with E-state index in [1.165, 1.54) is 21.3 Å². The summed E-state index contributed by atoms with van der Waals surface area (Å²) in [6.45, 7) is 0. The van der Waals surface area contributed by atoms with Gasteiger partial charge in [-0.2, -0.15) is 0 Å². The van der Waals surface area contributed by atoms with Gasteiger partial charge in [0.1, 0.15) is 0 Å². The van der Waals surface area contributed by atoms with Crippen molar-refractivity contribution in [2.45, 2.75) is 6.04 Å². The van der Waals surface area contributed by atoms with Crippen molar-refractivity contribution in [1.82, 2.24) is 4.90 Å². The highest BCUT2D eigenvalue weighted by Gasteiger charge is 2.26. The normalized spacial score (nSPS) is 10.5. The van der Waals surface area contributed by atoms with Crippen LogP contribution in [-0.2, 0) is 0 Å². The van der Waals surface area contributed by atoms with E-state index < -0.39 is 0 Å². The quantitative estimate of drug-likeness (QED) is 0.592. The molecule has 0 atom stereocenters. The Balaban J connectivity index is 2.05. The summed E-state index contributed by atoms with van der Waals surface area (Å²) in [5, 5.41) is 0. The van der Waals surface area contributed by atoms with Crippen molar-refractivity contribution in [3.05, 3.63) is 89.5 Å². The van der Waals surface area contributed by atoms with Crippen molar-refractivity contribution in [2.24, 2.45) is 0 Å². The molecule has 3 aromatic carbocycles. The third kappa shape index (κ3) is 4.19. The van der Waals surface area contributed by atoms with Gasteiger partial charge in [0.15, 0.2) is 11.5 Å². The molecule has 0 aliphatic carbocycles. The minimum atomic E-state index is -0.232. The summed E-state index contributed by atoms with van der Waals surface area (Å²) in [7, 11) is 6.41. The number of nitrogens with zero attached hydrogens (tertiary/aromatic N) is 1. The first kappa shape index (κ1) is 20.3. The summed E-state index contributed by atoms with van der Waals surface area (Å²) in [5.41, 5.74) is 2.52. The molecule has 150 valence electrons. The molecule has 0 saturated heterocycles. The van der Waals surface area contributed by atoms with Gasteiger partial charge in [-0.3, -0.25) is 4.79 Å². The summed E-state index contributed by atoms with van der Waals surface area (Å²) < 4.78 is 16.2. The maximum Gasteiger partial charge on any atom is 0.254 e. The molecule has 0 aliphatic heterocycles. The number of amides is 1. The van der Waals surface area contributed by atoms with Gasteiger partial charge in [-0.15, -0.1) is 0 Å². The number of carbonyl (C=O) groups excluding carboxylic acids is 1. The molecule has 0 radical (unpaired) electrons. The second kappa shape index (κ2) is 9.15. The lowest BCUT2D eigenvalue weighted by atomic mass is 9.96. The average Bonchev–Trinajstić information content (AvgIpc) is 2.79. The van der Waals surface area contributed by atoms with E-state index in [-0.39, 0.29) is 11.9 Å². The highest BCUT2D eigenvalue weighted by atomic mass is 16.5. The molecular formula is C24H25NO4. The van der Waals surface area contributed by atoms with Crippen molar-refractivity contribution in [2.75, 3.05) is 28.4 Å². The maximum atomic E-state index is 13.4. The smallest absolute Gasteiger partial charge is 0.254 e. The first-order chi connectivity index (χ1) is 14.1. The van der Waals surface area contributed by atoms with Crippen LogP contribution in [0.3, 0.4) is 0 Å². The van der Waals surface area contributed by atoms with E-state index in [9.17, 15) is 4.79 Å². The van der Waals surface area contributed by atoms with E-state index in [0.717, 1.165) is 11.1 Å². The van der Waals surface area contributed by atoms with E-state index in [1.807, 2.05) is 60.7 Å². The second-order valence-electron chi connectivity index (χ2n) is 6.55. The zero-order valence-corrected chi connectivity index (χ0v) is 17.1. The molecule has 0 unspecified atom stereocenters. The van der Waals surface area contributed by atoms with E-state index in [2.05, 4.69) is 0 Å². The molecule has 0 spiro atoms. The Labute approximate surface area is 171 Å². The largest absolute Gasteiger partial charge is 0.493 e. The van der Waals surface area contributed by atoms with Gasteiger partial charge in [0, 0.05) is 12.6 Å². The highest BCUT2D eigenvalue weighted by molar-refractivity contribution is 5.96. The van der Waals surface area contributed by atoms with Crippen LogP contribution in [0.1, 0.15) is 27.5 Å². The molecule has 29 heavy (non-hydrogen) atoms. The molecule has 0 bridgehead atoms. The summed E-state index contributed by atoms with van der Waals surface area (Å²) in [5.74, 6) is 1.19.